The highest BCUT2D eigenvalue weighted by Crippen LogP contribution is 2.33. The molecule has 2 aromatic rings. The highest BCUT2D eigenvalue weighted by atomic mass is 32.1. The molecule has 1 heterocycles. The molecule has 94 valence electrons. The van der Waals surface area contributed by atoms with Crippen LogP contribution in [0.25, 0.3) is 11.3 Å². The van der Waals surface area contributed by atoms with Crippen molar-refractivity contribution in [3.8, 4) is 11.3 Å². The van der Waals surface area contributed by atoms with Crippen molar-refractivity contribution in [2.24, 2.45) is 0 Å². The Labute approximate surface area is 110 Å². The summed E-state index contributed by atoms with van der Waals surface area (Å²) in [5.41, 5.74) is 8.90. The third kappa shape index (κ3) is 2.68. The van der Waals surface area contributed by atoms with Crippen LogP contribution in [0.3, 0.4) is 0 Å². The van der Waals surface area contributed by atoms with Crippen LogP contribution in [-0.2, 0) is 11.2 Å². The second-order valence-corrected chi connectivity index (χ2v) is 4.99. The van der Waals surface area contributed by atoms with Gasteiger partial charge in [-0.3, -0.25) is 4.79 Å². The van der Waals surface area contributed by atoms with Gasteiger partial charge in [-0.05, 0) is 12.0 Å². The van der Waals surface area contributed by atoms with E-state index in [-0.39, 0.29) is 5.91 Å². The summed E-state index contributed by atoms with van der Waals surface area (Å²) in [6, 6.07) is 8.13. The van der Waals surface area contributed by atoms with E-state index in [0.29, 0.717) is 10.1 Å². The third-order valence-electron chi connectivity index (χ3n) is 2.57. The van der Waals surface area contributed by atoms with Crippen molar-refractivity contribution < 1.29 is 4.79 Å². The Bertz CT molecular complexity index is 560. The number of aromatic nitrogens is 1. The molecule has 0 aliphatic rings. The van der Waals surface area contributed by atoms with Gasteiger partial charge in [0.2, 0.25) is 5.91 Å². The number of carbonyl (C=O) groups is 1. The molecule has 3 N–H and O–H groups in total. The van der Waals surface area contributed by atoms with Gasteiger partial charge in [0.15, 0.2) is 5.13 Å². The minimum absolute atomic E-state index is 0.142. The van der Waals surface area contributed by atoms with Gasteiger partial charge >= 0.3 is 0 Å². The zero-order chi connectivity index (χ0) is 13.1. The number of nitrogens with one attached hydrogen (secondary N) is 1. The SMILES string of the molecule is CCc1ccc(-c2nc(NC(C)=O)sc2N)cc1. The minimum atomic E-state index is -0.142. The molecular weight excluding hydrogens is 246 g/mol. The molecule has 0 aliphatic carbocycles. The minimum Gasteiger partial charge on any atom is -0.389 e. The van der Waals surface area contributed by atoms with Crippen molar-refractivity contribution in [2.75, 3.05) is 11.1 Å². The number of amides is 1. The molecule has 18 heavy (non-hydrogen) atoms. The Morgan fingerprint density at radius 3 is 2.61 bits per heavy atom. The second-order valence-electron chi connectivity index (χ2n) is 3.96. The number of aryl methyl sites for hydroxylation is 1. The number of hydrogen-bond acceptors (Lipinski definition) is 4. The summed E-state index contributed by atoms with van der Waals surface area (Å²) in [5.74, 6) is -0.142. The molecule has 4 nitrogen and oxygen atoms in total. The highest BCUT2D eigenvalue weighted by Gasteiger charge is 2.11. The van der Waals surface area contributed by atoms with Crippen LogP contribution in [0.15, 0.2) is 24.3 Å². The summed E-state index contributed by atoms with van der Waals surface area (Å²) in [5, 5.41) is 3.80. The standard InChI is InChI=1S/C13H15N3OS/c1-3-9-4-6-10(7-5-9)11-12(14)18-13(16-11)15-8(2)17/h4-7H,3,14H2,1-2H3,(H,15,16,17). The fraction of sp³-hybridized carbons (Fsp3) is 0.231. The van der Waals surface area contributed by atoms with Crippen LogP contribution in [-0.4, -0.2) is 10.9 Å². The van der Waals surface area contributed by atoms with Crippen LogP contribution in [0.5, 0.6) is 0 Å². The highest BCUT2D eigenvalue weighted by molar-refractivity contribution is 7.20. The predicted octanol–water partition coefficient (Wildman–Crippen LogP) is 2.91. The smallest absolute Gasteiger partial charge is 0.223 e. The summed E-state index contributed by atoms with van der Waals surface area (Å²) in [6.45, 7) is 3.56. The topological polar surface area (TPSA) is 68.0 Å². The monoisotopic (exact) mass is 261 g/mol. The van der Waals surface area contributed by atoms with Crippen molar-refractivity contribution in [1.29, 1.82) is 0 Å². The predicted molar refractivity (Wildman–Crippen MR) is 75.6 cm³/mol. The van der Waals surface area contributed by atoms with Crippen molar-refractivity contribution in [3.63, 3.8) is 0 Å². The van der Waals surface area contributed by atoms with Gasteiger partial charge in [-0.15, -0.1) is 0 Å². The van der Waals surface area contributed by atoms with Crippen LogP contribution in [0, 0.1) is 0 Å². The molecule has 0 saturated heterocycles. The largest absolute Gasteiger partial charge is 0.389 e. The molecule has 0 fully saturated rings. The first-order chi connectivity index (χ1) is 8.60. The van der Waals surface area contributed by atoms with E-state index in [1.54, 1.807) is 0 Å². The molecule has 1 aromatic heterocycles. The zero-order valence-corrected chi connectivity index (χ0v) is 11.2. The van der Waals surface area contributed by atoms with Crippen LogP contribution in [0.1, 0.15) is 19.4 Å². The van der Waals surface area contributed by atoms with Crippen molar-refractivity contribution in [2.45, 2.75) is 20.3 Å². The average Bonchev–Trinajstić information content (AvgIpc) is 2.69. The first-order valence-electron chi connectivity index (χ1n) is 5.73. The van der Waals surface area contributed by atoms with E-state index in [1.165, 1.54) is 23.8 Å². The molecule has 0 unspecified atom stereocenters. The quantitative estimate of drug-likeness (QED) is 0.892. The van der Waals surface area contributed by atoms with Gasteiger partial charge in [-0.25, -0.2) is 4.98 Å². The summed E-state index contributed by atoms with van der Waals surface area (Å²) < 4.78 is 0. The van der Waals surface area contributed by atoms with E-state index in [1.807, 2.05) is 12.1 Å². The molecule has 0 atom stereocenters. The van der Waals surface area contributed by atoms with E-state index in [9.17, 15) is 4.79 Å². The Kier molecular flexibility index (Phi) is 3.62. The van der Waals surface area contributed by atoms with Crippen LogP contribution in [0.4, 0.5) is 10.1 Å². The van der Waals surface area contributed by atoms with Crippen molar-refractivity contribution in [1.82, 2.24) is 4.98 Å². The summed E-state index contributed by atoms with van der Waals surface area (Å²) >= 11 is 1.28. The molecule has 1 amide bonds. The van der Waals surface area contributed by atoms with Gasteiger partial charge in [-0.1, -0.05) is 42.5 Å². The molecule has 2 rings (SSSR count). The van der Waals surface area contributed by atoms with Gasteiger partial charge in [0.1, 0.15) is 10.7 Å². The molecule has 1 aromatic carbocycles. The normalized spacial score (nSPS) is 10.3. The van der Waals surface area contributed by atoms with Gasteiger partial charge < -0.3 is 11.1 Å². The summed E-state index contributed by atoms with van der Waals surface area (Å²) in [4.78, 5) is 15.3. The molecule has 0 aliphatic heterocycles. The molecule has 0 spiro atoms. The number of nitrogens with zero attached hydrogens (tertiary/aromatic N) is 1. The van der Waals surface area contributed by atoms with E-state index in [4.69, 9.17) is 5.73 Å². The van der Waals surface area contributed by atoms with Crippen LogP contribution >= 0.6 is 11.3 Å². The Balaban J connectivity index is 2.31. The number of carbonyl (C=O) groups excluding carboxylic acids is 1. The fourth-order valence-corrected chi connectivity index (χ4v) is 2.44. The fourth-order valence-electron chi connectivity index (χ4n) is 1.64. The maximum Gasteiger partial charge on any atom is 0.223 e. The maximum absolute atomic E-state index is 11.0. The Morgan fingerprint density at radius 1 is 1.39 bits per heavy atom. The lowest BCUT2D eigenvalue weighted by Crippen LogP contribution is -2.04. The number of nitrogen functional groups attached to an aromatic ring is 1. The van der Waals surface area contributed by atoms with E-state index < -0.39 is 0 Å². The second kappa shape index (κ2) is 5.18. The van der Waals surface area contributed by atoms with Gasteiger partial charge in [0.25, 0.3) is 0 Å². The third-order valence-corrected chi connectivity index (χ3v) is 3.37. The van der Waals surface area contributed by atoms with Gasteiger partial charge in [0.05, 0.1) is 0 Å². The summed E-state index contributed by atoms with van der Waals surface area (Å²) in [7, 11) is 0. The molecule has 5 heteroatoms. The van der Waals surface area contributed by atoms with Crippen LogP contribution < -0.4 is 11.1 Å². The van der Waals surface area contributed by atoms with Crippen molar-refractivity contribution in [3.05, 3.63) is 29.8 Å². The first kappa shape index (κ1) is 12.6. The number of hydrogen-bond donors (Lipinski definition) is 2. The number of benzene rings is 1. The molecule has 0 saturated carbocycles. The van der Waals surface area contributed by atoms with E-state index >= 15 is 0 Å². The lowest BCUT2D eigenvalue weighted by Gasteiger charge is -2.00. The maximum atomic E-state index is 11.0. The summed E-state index contributed by atoms with van der Waals surface area (Å²) in [6.07, 6.45) is 1.00. The number of rotatable bonds is 3. The lowest BCUT2D eigenvalue weighted by molar-refractivity contribution is -0.114. The number of anilines is 2. The van der Waals surface area contributed by atoms with Gasteiger partial charge in [0, 0.05) is 12.5 Å². The molecule has 0 bridgehead atoms. The van der Waals surface area contributed by atoms with Crippen molar-refractivity contribution >= 4 is 27.4 Å². The molecule has 0 radical (unpaired) electrons. The average molecular weight is 261 g/mol. The number of thiazole rings is 1. The first-order valence-corrected chi connectivity index (χ1v) is 6.55. The Hall–Kier alpha value is -1.88. The van der Waals surface area contributed by atoms with E-state index in [2.05, 4.69) is 29.4 Å². The lowest BCUT2D eigenvalue weighted by atomic mass is 10.1. The van der Waals surface area contributed by atoms with Gasteiger partial charge in [-0.2, -0.15) is 0 Å². The van der Waals surface area contributed by atoms with E-state index in [0.717, 1.165) is 17.7 Å². The number of nitrogens with two attached hydrogens (primary N) is 1. The molecular formula is C13H15N3OS. The van der Waals surface area contributed by atoms with Crippen LogP contribution in [0.2, 0.25) is 0 Å². The Morgan fingerprint density at radius 2 is 2.06 bits per heavy atom. The zero-order valence-electron chi connectivity index (χ0n) is 10.4.